The SMILES string of the molecule is O=C(/C=C/C1CCCCC1)c1ccccc1OCc1ccccc1. The van der Waals surface area contributed by atoms with E-state index in [-0.39, 0.29) is 5.78 Å². The maximum absolute atomic E-state index is 12.6. The van der Waals surface area contributed by atoms with Gasteiger partial charge in [0.05, 0.1) is 5.56 Å². The molecule has 0 heterocycles. The molecule has 1 fully saturated rings. The van der Waals surface area contributed by atoms with Crippen LogP contribution in [0.15, 0.2) is 66.7 Å². The summed E-state index contributed by atoms with van der Waals surface area (Å²) in [5.74, 6) is 1.24. The Morgan fingerprint density at radius 1 is 0.958 bits per heavy atom. The molecule has 1 aliphatic rings. The lowest BCUT2D eigenvalue weighted by atomic mass is 9.89. The van der Waals surface area contributed by atoms with Crippen LogP contribution in [0.4, 0.5) is 0 Å². The fourth-order valence-corrected chi connectivity index (χ4v) is 3.17. The lowest BCUT2D eigenvalue weighted by Crippen LogP contribution is -2.05. The van der Waals surface area contributed by atoms with E-state index in [9.17, 15) is 4.79 Å². The van der Waals surface area contributed by atoms with E-state index in [0.717, 1.165) is 5.56 Å². The molecule has 1 aliphatic carbocycles. The van der Waals surface area contributed by atoms with Gasteiger partial charge in [0.15, 0.2) is 5.78 Å². The molecule has 0 unspecified atom stereocenters. The Balaban J connectivity index is 1.66. The Morgan fingerprint density at radius 2 is 1.67 bits per heavy atom. The van der Waals surface area contributed by atoms with E-state index in [0.29, 0.717) is 23.8 Å². The van der Waals surface area contributed by atoms with Gasteiger partial charge in [0.25, 0.3) is 0 Å². The number of para-hydroxylation sites is 1. The van der Waals surface area contributed by atoms with E-state index in [2.05, 4.69) is 6.08 Å². The third-order valence-electron chi connectivity index (χ3n) is 4.56. The highest BCUT2D eigenvalue weighted by Gasteiger charge is 2.13. The molecule has 2 aromatic carbocycles. The summed E-state index contributed by atoms with van der Waals surface area (Å²) in [6.45, 7) is 0.470. The fraction of sp³-hybridized carbons (Fsp3) is 0.318. The van der Waals surface area contributed by atoms with Gasteiger partial charge in [0.2, 0.25) is 0 Å². The predicted molar refractivity (Wildman–Crippen MR) is 97.3 cm³/mol. The van der Waals surface area contributed by atoms with Crippen molar-refractivity contribution in [3.8, 4) is 5.75 Å². The molecule has 3 rings (SSSR count). The summed E-state index contributed by atoms with van der Waals surface area (Å²) in [5, 5.41) is 0. The molecule has 0 aromatic heterocycles. The summed E-state index contributed by atoms with van der Waals surface area (Å²) >= 11 is 0. The molecule has 0 radical (unpaired) electrons. The van der Waals surface area contributed by atoms with Crippen molar-refractivity contribution in [3.05, 3.63) is 77.9 Å². The zero-order chi connectivity index (χ0) is 16.6. The van der Waals surface area contributed by atoms with Crippen molar-refractivity contribution in [2.45, 2.75) is 38.7 Å². The number of ketones is 1. The third kappa shape index (κ3) is 4.58. The van der Waals surface area contributed by atoms with Gasteiger partial charge in [-0.25, -0.2) is 0 Å². The largest absolute Gasteiger partial charge is 0.488 e. The second-order valence-electron chi connectivity index (χ2n) is 6.39. The highest BCUT2D eigenvalue weighted by atomic mass is 16.5. The average Bonchev–Trinajstić information content (AvgIpc) is 2.66. The lowest BCUT2D eigenvalue weighted by Gasteiger charge is -2.17. The predicted octanol–water partition coefficient (Wildman–Crippen LogP) is 5.58. The van der Waals surface area contributed by atoms with Crippen molar-refractivity contribution in [2.24, 2.45) is 5.92 Å². The smallest absolute Gasteiger partial charge is 0.189 e. The molecule has 1 saturated carbocycles. The molecule has 24 heavy (non-hydrogen) atoms. The van der Waals surface area contributed by atoms with Crippen LogP contribution < -0.4 is 4.74 Å². The second-order valence-corrected chi connectivity index (χ2v) is 6.39. The first kappa shape index (κ1) is 16.5. The van der Waals surface area contributed by atoms with Gasteiger partial charge in [-0.3, -0.25) is 4.79 Å². The second kappa shape index (κ2) is 8.49. The molecular weight excluding hydrogens is 296 g/mol. The van der Waals surface area contributed by atoms with E-state index < -0.39 is 0 Å². The van der Waals surface area contributed by atoms with Crippen molar-refractivity contribution in [2.75, 3.05) is 0 Å². The van der Waals surface area contributed by atoms with E-state index >= 15 is 0 Å². The minimum absolute atomic E-state index is 0.0317. The van der Waals surface area contributed by atoms with Gasteiger partial charge in [-0.1, -0.05) is 67.8 Å². The van der Waals surface area contributed by atoms with Gasteiger partial charge in [-0.2, -0.15) is 0 Å². The van der Waals surface area contributed by atoms with Gasteiger partial charge in [0, 0.05) is 0 Å². The average molecular weight is 320 g/mol. The summed E-state index contributed by atoms with van der Waals surface area (Å²) in [7, 11) is 0. The lowest BCUT2D eigenvalue weighted by molar-refractivity contribution is 0.104. The van der Waals surface area contributed by atoms with Crippen LogP contribution in [-0.4, -0.2) is 5.78 Å². The van der Waals surface area contributed by atoms with Crippen LogP contribution in [0.5, 0.6) is 5.75 Å². The highest BCUT2D eigenvalue weighted by Crippen LogP contribution is 2.25. The molecule has 0 saturated heterocycles. The molecular formula is C22H24O2. The zero-order valence-corrected chi connectivity index (χ0v) is 14.0. The Kier molecular flexibility index (Phi) is 5.84. The fourth-order valence-electron chi connectivity index (χ4n) is 3.17. The van der Waals surface area contributed by atoms with Gasteiger partial charge in [-0.05, 0) is 42.5 Å². The Hall–Kier alpha value is -2.35. The maximum atomic E-state index is 12.6. The molecule has 0 bridgehead atoms. The van der Waals surface area contributed by atoms with Crippen molar-refractivity contribution < 1.29 is 9.53 Å². The van der Waals surface area contributed by atoms with Crippen LogP contribution in [0.1, 0.15) is 48.0 Å². The summed E-state index contributed by atoms with van der Waals surface area (Å²) < 4.78 is 5.88. The van der Waals surface area contributed by atoms with Crippen LogP contribution >= 0.6 is 0 Å². The molecule has 0 N–H and O–H groups in total. The number of carbonyl (C=O) groups excluding carboxylic acids is 1. The Labute approximate surface area is 144 Å². The standard InChI is InChI=1S/C22H24O2/c23-21(16-15-18-9-3-1-4-10-18)20-13-7-8-14-22(20)24-17-19-11-5-2-6-12-19/h2,5-8,11-16,18H,1,3-4,9-10,17H2/b16-15+. The van der Waals surface area contributed by atoms with Gasteiger partial charge >= 0.3 is 0 Å². The Bertz CT molecular complexity index is 682. The normalized spacial score (nSPS) is 15.5. The van der Waals surface area contributed by atoms with E-state index in [1.165, 1.54) is 32.1 Å². The third-order valence-corrected chi connectivity index (χ3v) is 4.56. The van der Waals surface area contributed by atoms with Gasteiger partial charge < -0.3 is 4.74 Å². The number of allylic oxidation sites excluding steroid dienone is 2. The number of carbonyl (C=O) groups is 1. The first-order valence-electron chi connectivity index (χ1n) is 8.81. The zero-order valence-electron chi connectivity index (χ0n) is 14.0. The first-order chi connectivity index (χ1) is 11.8. The first-order valence-corrected chi connectivity index (χ1v) is 8.81. The van der Waals surface area contributed by atoms with Crippen LogP contribution in [0.2, 0.25) is 0 Å². The topological polar surface area (TPSA) is 26.3 Å². The van der Waals surface area contributed by atoms with Gasteiger partial charge in [0.1, 0.15) is 12.4 Å². The summed E-state index contributed by atoms with van der Waals surface area (Å²) in [6.07, 6.45) is 10.1. The van der Waals surface area contributed by atoms with Crippen LogP contribution in [0, 0.1) is 5.92 Å². The highest BCUT2D eigenvalue weighted by molar-refractivity contribution is 6.06. The quantitative estimate of drug-likeness (QED) is 0.512. The number of hydrogen-bond acceptors (Lipinski definition) is 2. The van der Waals surface area contributed by atoms with E-state index in [4.69, 9.17) is 4.74 Å². The Morgan fingerprint density at radius 3 is 2.46 bits per heavy atom. The summed E-state index contributed by atoms with van der Waals surface area (Å²) in [4.78, 5) is 12.6. The van der Waals surface area contributed by atoms with Crippen molar-refractivity contribution in [1.29, 1.82) is 0 Å². The number of hydrogen-bond donors (Lipinski definition) is 0. The molecule has 0 aliphatic heterocycles. The maximum Gasteiger partial charge on any atom is 0.189 e. The number of benzene rings is 2. The summed E-state index contributed by atoms with van der Waals surface area (Å²) in [6, 6.07) is 17.5. The molecule has 0 amide bonds. The number of rotatable bonds is 6. The molecule has 2 nitrogen and oxygen atoms in total. The minimum atomic E-state index is 0.0317. The van der Waals surface area contributed by atoms with Crippen LogP contribution in [0.25, 0.3) is 0 Å². The molecule has 124 valence electrons. The molecule has 2 aromatic rings. The molecule has 0 spiro atoms. The van der Waals surface area contributed by atoms with Gasteiger partial charge in [-0.15, -0.1) is 0 Å². The molecule has 0 atom stereocenters. The van der Waals surface area contributed by atoms with Crippen molar-refractivity contribution in [1.82, 2.24) is 0 Å². The summed E-state index contributed by atoms with van der Waals surface area (Å²) in [5.41, 5.74) is 1.73. The monoisotopic (exact) mass is 320 g/mol. The van der Waals surface area contributed by atoms with Crippen molar-refractivity contribution >= 4 is 5.78 Å². The van der Waals surface area contributed by atoms with Crippen molar-refractivity contribution in [3.63, 3.8) is 0 Å². The number of ether oxygens (including phenoxy) is 1. The van der Waals surface area contributed by atoms with E-state index in [1.54, 1.807) is 6.08 Å². The minimum Gasteiger partial charge on any atom is -0.488 e. The van der Waals surface area contributed by atoms with Crippen LogP contribution in [0.3, 0.4) is 0 Å². The molecule has 2 heteroatoms. The van der Waals surface area contributed by atoms with E-state index in [1.807, 2.05) is 54.6 Å². The van der Waals surface area contributed by atoms with Crippen LogP contribution in [-0.2, 0) is 6.61 Å².